The highest BCUT2D eigenvalue weighted by atomic mass is 14.9. The van der Waals surface area contributed by atoms with Crippen molar-refractivity contribution in [1.82, 2.24) is 15.0 Å². The fourth-order valence-corrected chi connectivity index (χ4v) is 1.66. The Balaban J connectivity index is 2.14. The molecule has 0 N–H and O–H groups in total. The molecule has 0 fully saturated rings. The first-order valence-electron chi connectivity index (χ1n) is 6.70. The summed E-state index contributed by atoms with van der Waals surface area (Å²) in [5, 5.41) is 0. The normalized spacial score (nSPS) is 12.7. The predicted octanol–water partition coefficient (Wildman–Crippen LogP) is 2.84. The van der Waals surface area contributed by atoms with E-state index in [1.54, 1.807) is 12.4 Å². The van der Waals surface area contributed by atoms with Crippen LogP contribution in [0.25, 0.3) is 11.2 Å². The van der Waals surface area contributed by atoms with Gasteiger partial charge in [0.15, 0.2) is 12.9 Å². The van der Waals surface area contributed by atoms with Crippen LogP contribution in [0.15, 0.2) is 24.7 Å². The molecule has 2 heterocycles. The summed E-state index contributed by atoms with van der Waals surface area (Å²) in [7, 11) is 2.24. The first-order valence-corrected chi connectivity index (χ1v) is 6.70. The Labute approximate surface area is 116 Å². The van der Waals surface area contributed by atoms with Crippen LogP contribution < -0.4 is 5.46 Å². The summed E-state index contributed by atoms with van der Waals surface area (Å²) in [6, 6.07) is 2.05. The van der Waals surface area contributed by atoms with Gasteiger partial charge in [0.2, 0.25) is 0 Å². The molecule has 2 aromatic rings. The summed E-state index contributed by atoms with van der Waals surface area (Å²) in [5.74, 6) is 0. The number of nitrogens with zero attached hydrogens (tertiary/aromatic N) is 3. The lowest BCUT2D eigenvalue weighted by Crippen LogP contribution is -2.33. The molecule has 99 valence electrons. The lowest BCUT2D eigenvalue weighted by Gasteiger charge is -2.39. The maximum absolute atomic E-state index is 4.34. The lowest BCUT2D eigenvalue weighted by molar-refractivity contribution is 0.157. The molecule has 0 spiro atoms. The van der Waals surface area contributed by atoms with Crippen LogP contribution >= 0.6 is 0 Å². The van der Waals surface area contributed by atoms with Crippen LogP contribution in [0, 0.1) is 10.8 Å². The predicted molar refractivity (Wildman–Crippen MR) is 80.8 cm³/mol. The molecule has 0 amide bonds. The second-order valence-electron chi connectivity index (χ2n) is 6.71. The summed E-state index contributed by atoms with van der Waals surface area (Å²) in [4.78, 5) is 12.8. The molecule has 0 bridgehead atoms. The Bertz CT molecular complexity index is 573. The maximum Gasteiger partial charge on any atom is 0.178 e. The number of pyridine rings is 1. The van der Waals surface area contributed by atoms with E-state index in [-0.39, 0.29) is 10.8 Å². The van der Waals surface area contributed by atoms with Crippen molar-refractivity contribution in [3.8, 4) is 0 Å². The Morgan fingerprint density at radius 3 is 2.37 bits per heavy atom. The van der Waals surface area contributed by atoms with Gasteiger partial charge in [-0.25, -0.2) is 9.97 Å². The van der Waals surface area contributed by atoms with E-state index in [9.17, 15) is 0 Å². The summed E-state index contributed by atoms with van der Waals surface area (Å²) in [6.07, 6.45) is 6.26. The van der Waals surface area contributed by atoms with E-state index < -0.39 is 0 Å². The molecule has 3 nitrogen and oxygen atoms in total. The third kappa shape index (κ3) is 3.11. The van der Waals surface area contributed by atoms with Gasteiger partial charge in [0, 0.05) is 18.6 Å². The van der Waals surface area contributed by atoms with Crippen molar-refractivity contribution in [1.29, 1.82) is 0 Å². The fraction of sp³-hybridized carbons (Fsp3) is 0.533. The SMILES string of the molecule is CC(C)(C)C(C)(C)C[B]c1cnc2nccnc2c1. The first-order chi connectivity index (χ1) is 8.79. The molecule has 1 radical (unpaired) electrons. The monoisotopic (exact) mass is 254 g/mol. The standard InChI is InChI=1S/C15H21BN3/c1-14(2,3)15(4,5)10-16-11-8-12-13(19-9-11)18-7-6-17-12/h6-9H,10H2,1-5H3. The van der Waals surface area contributed by atoms with E-state index in [2.05, 4.69) is 56.9 Å². The van der Waals surface area contributed by atoms with Crippen molar-refractivity contribution in [3.05, 3.63) is 24.7 Å². The largest absolute Gasteiger partial charge is 0.251 e. The Kier molecular flexibility index (Phi) is 3.61. The van der Waals surface area contributed by atoms with Gasteiger partial charge in [-0.2, -0.15) is 0 Å². The maximum atomic E-state index is 4.34. The summed E-state index contributed by atoms with van der Waals surface area (Å²) in [6.45, 7) is 11.5. The Morgan fingerprint density at radius 2 is 1.68 bits per heavy atom. The average Bonchev–Trinajstić information content (AvgIpc) is 2.35. The van der Waals surface area contributed by atoms with Crippen molar-refractivity contribution in [2.45, 2.75) is 40.9 Å². The molecule has 0 unspecified atom stereocenters. The van der Waals surface area contributed by atoms with Gasteiger partial charge in [-0.1, -0.05) is 46.4 Å². The molecule has 0 aromatic carbocycles. The summed E-state index contributed by atoms with van der Waals surface area (Å²) in [5.41, 5.74) is 3.18. The van der Waals surface area contributed by atoms with Crippen LogP contribution in [0.5, 0.6) is 0 Å². The van der Waals surface area contributed by atoms with Gasteiger partial charge in [-0.15, -0.1) is 0 Å². The number of fused-ring (bicyclic) bond motifs is 1. The van der Waals surface area contributed by atoms with Gasteiger partial charge in [-0.05, 0) is 16.9 Å². The van der Waals surface area contributed by atoms with Crippen LogP contribution in [-0.2, 0) is 0 Å². The van der Waals surface area contributed by atoms with Crippen molar-refractivity contribution >= 4 is 23.9 Å². The minimum absolute atomic E-state index is 0.240. The number of hydrogen-bond donors (Lipinski definition) is 0. The van der Waals surface area contributed by atoms with Crippen molar-refractivity contribution < 1.29 is 0 Å². The van der Waals surface area contributed by atoms with E-state index in [0.29, 0.717) is 5.65 Å². The van der Waals surface area contributed by atoms with Crippen molar-refractivity contribution in [3.63, 3.8) is 0 Å². The minimum Gasteiger partial charge on any atom is -0.251 e. The Morgan fingerprint density at radius 1 is 1.00 bits per heavy atom. The minimum atomic E-state index is 0.240. The van der Waals surface area contributed by atoms with Gasteiger partial charge in [0.25, 0.3) is 0 Å². The third-order valence-electron chi connectivity index (χ3n) is 4.22. The number of hydrogen-bond acceptors (Lipinski definition) is 3. The molecular weight excluding hydrogens is 233 g/mol. The molecule has 2 aromatic heterocycles. The highest BCUT2D eigenvalue weighted by molar-refractivity contribution is 6.53. The molecule has 0 aliphatic heterocycles. The zero-order valence-electron chi connectivity index (χ0n) is 12.4. The van der Waals surface area contributed by atoms with E-state index in [0.717, 1.165) is 17.3 Å². The van der Waals surface area contributed by atoms with E-state index in [1.165, 1.54) is 0 Å². The van der Waals surface area contributed by atoms with Gasteiger partial charge in [0.05, 0.1) is 0 Å². The zero-order valence-corrected chi connectivity index (χ0v) is 12.4. The zero-order chi connectivity index (χ0) is 14.1. The van der Waals surface area contributed by atoms with Gasteiger partial charge >= 0.3 is 0 Å². The number of rotatable bonds is 3. The van der Waals surface area contributed by atoms with Crippen molar-refractivity contribution in [2.24, 2.45) is 10.8 Å². The third-order valence-corrected chi connectivity index (χ3v) is 4.22. The molecule has 0 saturated heterocycles. The molecular formula is C15H21BN3. The topological polar surface area (TPSA) is 38.7 Å². The first kappa shape index (κ1) is 14.0. The van der Waals surface area contributed by atoms with Crippen LogP contribution in [0.2, 0.25) is 6.32 Å². The lowest BCUT2D eigenvalue weighted by atomic mass is 9.53. The van der Waals surface area contributed by atoms with E-state index >= 15 is 0 Å². The highest BCUT2D eigenvalue weighted by Gasteiger charge is 2.32. The molecule has 0 aliphatic carbocycles. The second kappa shape index (κ2) is 4.91. The van der Waals surface area contributed by atoms with Gasteiger partial charge in [-0.3, -0.25) is 4.98 Å². The molecule has 0 saturated carbocycles. The van der Waals surface area contributed by atoms with E-state index in [4.69, 9.17) is 0 Å². The quantitative estimate of drug-likeness (QED) is 0.790. The highest BCUT2D eigenvalue weighted by Crippen LogP contribution is 2.40. The van der Waals surface area contributed by atoms with Crippen molar-refractivity contribution in [2.75, 3.05) is 0 Å². The average molecular weight is 254 g/mol. The molecule has 2 rings (SSSR count). The van der Waals surface area contributed by atoms with E-state index in [1.807, 2.05) is 12.3 Å². The fourth-order valence-electron chi connectivity index (χ4n) is 1.66. The molecule has 0 atom stereocenters. The van der Waals surface area contributed by atoms with Gasteiger partial charge in [0.1, 0.15) is 5.52 Å². The van der Waals surface area contributed by atoms with Crippen LogP contribution in [-0.4, -0.2) is 22.2 Å². The smallest absolute Gasteiger partial charge is 0.178 e. The molecule has 19 heavy (non-hydrogen) atoms. The van der Waals surface area contributed by atoms with Gasteiger partial charge < -0.3 is 0 Å². The summed E-state index contributed by atoms with van der Waals surface area (Å²) < 4.78 is 0. The van der Waals surface area contributed by atoms with Crippen LogP contribution in [0.1, 0.15) is 34.6 Å². The summed E-state index contributed by atoms with van der Waals surface area (Å²) >= 11 is 0. The second-order valence-corrected chi connectivity index (χ2v) is 6.71. The Hall–Kier alpha value is -1.45. The molecule has 4 heteroatoms. The molecule has 0 aliphatic rings. The van der Waals surface area contributed by atoms with Crippen LogP contribution in [0.4, 0.5) is 0 Å². The van der Waals surface area contributed by atoms with Crippen LogP contribution in [0.3, 0.4) is 0 Å². The number of aromatic nitrogens is 3.